The molecule has 2 aromatic carbocycles. The van der Waals surface area contributed by atoms with E-state index in [0.29, 0.717) is 22.4 Å². The molecule has 0 atom stereocenters. The van der Waals surface area contributed by atoms with Crippen LogP contribution in [0, 0.1) is 0 Å². The molecule has 0 radical (unpaired) electrons. The molecule has 0 aliphatic carbocycles. The number of amides is 1. The number of benzene rings is 2. The molecule has 4 rings (SSSR count). The lowest BCUT2D eigenvalue weighted by molar-refractivity contribution is 0.102. The summed E-state index contributed by atoms with van der Waals surface area (Å²) in [6.45, 7) is 4.92. The fraction of sp³-hybridized carbons (Fsp3) is 0.286. The van der Waals surface area contributed by atoms with E-state index in [2.05, 4.69) is 24.1 Å². The maximum Gasteiger partial charge on any atom is 0.261 e. The zero-order valence-electron chi connectivity index (χ0n) is 15.0. The Balaban J connectivity index is 1.70. The summed E-state index contributed by atoms with van der Waals surface area (Å²) in [7, 11) is 0. The van der Waals surface area contributed by atoms with Crippen LogP contribution < -0.4 is 10.9 Å². The zero-order chi connectivity index (χ0) is 18.3. The minimum absolute atomic E-state index is 0.0142. The Labute approximate surface area is 151 Å². The van der Waals surface area contributed by atoms with E-state index >= 15 is 0 Å². The maximum absolute atomic E-state index is 12.7. The lowest BCUT2D eigenvalue weighted by Crippen LogP contribution is -2.21. The molecule has 5 nitrogen and oxygen atoms in total. The summed E-state index contributed by atoms with van der Waals surface area (Å²) < 4.78 is 1.74. The highest BCUT2D eigenvalue weighted by atomic mass is 16.1. The van der Waals surface area contributed by atoms with Crippen molar-refractivity contribution < 1.29 is 4.79 Å². The average Bonchev–Trinajstić information content (AvgIpc) is 3.10. The number of rotatable bonds is 3. The molecule has 0 saturated heterocycles. The van der Waals surface area contributed by atoms with Gasteiger partial charge < -0.3 is 5.32 Å². The van der Waals surface area contributed by atoms with Gasteiger partial charge in [-0.25, -0.2) is 4.98 Å². The van der Waals surface area contributed by atoms with Crippen LogP contribution in [-0.2, 0) is 13.0 Å². The molecule has 2 heterocycles. The van der Waals surface area contributed by atoms with Gasteiger partial charge in [0.2, 0.25) is 0 Å². The van der Waals surface area contributed by atoms with E-state index in [1.807, 2.05) is 24.3 Å². The number of aromatic nitrogens is 2. The second-order valence-electron chi connectivity index (χ2n) is 7.02. The van der Waals surface area contributed by atoms with Crippen molar-refractivity contribution in [1.29, 1.82) is 0 Å². The van der Waals surface area contributed by atoms with Gasteiger partial charge in [-0.3, -0.25) is 14.2 Å². The van der Waals surface area contributed by atoms with Gasteiger partial charge >= 0.3 is 0 Å². The van der Waals surface area contributed by atoms with Gasteiger partial charge in [-0.05, 0) is 42.2 Å². The van der Waals surface area contributed by atoms with Gasteiger partial charge in [-0.1, -0.05) is 32.0 Å². The SMILES string of the molecule is CC(C)c1ccccc1NC(=O)c1ccc2c(=O)n3c(nc2c1)CCC3. The molecule has 1 amide bonds. The molecule has 26 heavy (non-hydrogen) atoms. The van der Waals surface area contributed by atoms with Gasteiger partial charge in [0.1, 0.15) is 5.82 Å². The molecule has 5 heteroatoms. The summed E-state index contributed by atoms with van der Waals surface area (Å²) in [4.78, 5) is 29.9. The Hall–Kier alpha value is -2.95. The monoisotopic (exact) mass is 347 g/mol. The van der Waals surface area contributed by atoms with Gasteiger partial charge in [-0.15, -0.1) is 0 Å². The summed E-state index contributed by atoms with van der Waals surface area (Å²) >= 11 is 0. The Kier molecular flexibility index (Phi) is 4.07. The van der Waals surface area contributed by atoms with Crippen molar-refractivity contribution in [2.24, 2.45) is 0 Å². The molecule has 0 spiro atoms. The van der Waals surface area contributed by atoms with Crippen molar-refractivity contribution in [3.8, 4) is 0 Å². The Bertz CT molecular complexity index is 1070. The van der Waals surface area contributed by atoms with Crippen LogP contribution in [0.15, 0.2) is 47.3 Å². The smallest absolute Gasteiger partial charge is 0.261 e. The van der Waals surface area contributed by atoms with Crippen molar-refractivity contribution in [3.05, 3.63) is 69.8 Å². The second-order valence-corrected chi connectivity index (χ2v) is 7.02. The molecular weight excluding hydrogens is 326 g/mol. The van der Waals surface area contributed by atoms with Gasteiger partial charge in [0.15, 0.2) is 0 Å². The number of hydrogen-bond donors (Lipinski definition) is 1. The number of hydrogen-bond acceptors (Lipinski definition) is 3. The first-order chi connectivity index (χ1) is 12.5. The number of para-hydroxylation sites is 1. The van der Waals surface area contributed by atoms with Crippen LogP contribution in [0.2, 0.25) is 0 Å². The van der Waals surface area contributed by atoms with Gasteiger partial charge in [-0.2, -0.15) is 0 Å². The largest absolute Gasteiger partial charge is 0.322 e. The van der Waals surface area contributed by atoms with Crippen molar-refractivity contribution in [2.75, 3.05) is 5.32 Å². The van der Waals surface area contributed by atoms with Crippen molar-refractivity contribution in [3.63, 3.8) is 0 Å². The van der Waals surface area contributed by atoms with Crippen molar-refractivity contribution in [2.45, 2.75) is 39.2 Å². The standard InChI is InChI=1S/C21H21N3O2/c1-13(2)15-6-3-4-7-17(15)23-20(25)14-9-10-16-18(12-14)22-19-8-5-11-24(19)21(16)26/h3-4,6-7,9-10,12-13H,5,8,11H2,1-2H3,(H,23,25). The van der Waals surface area contributed by atoms with Crippen LogP contribution >= 0.6 is 0 Å². The lowest BCUT2D eigenvalue weighted by Gasteiger charge is -2.14. The highest BCUT2D eigenvalue weighted by Crippen LogP contribution is 2.24. The summed E-state index contributed by atoms with van der Waals surface area (Å²) in [6, 6.07) is 12.9. The molecule has 1 aliphatic rings. The third kappa shape index (κ3) is 2.79. The minimum atomic E-state index is -0.192. The molecule has 1 aliphatic heterocycles. The zero-order valence-corrected chi connectivity index (χ0v) is 15.0. The fourth-order valence-corrected chi connectivity index (χ4v) is 3.53. The molecule has 1 N–H and O–H groups in total. The van der Waals surface area contributed by atoms with E-state index in [9.17, 15) is 9.59 Å². The van der Waals surface area contributed by atoms with Crippen LogP contribution in [0.1, 0.15) is 47.9 Å². The second kappa shape index (κ2) is 6.41. The van der Waals surface area contributed by atoms with Gasteiger partial charge in [0.25, 0.3) is 11.5 Å². The lowest BCUT2D eigenvalue weighted by atomic mass is 10.0. The maximum atomic E-state index is 12.7. The first-order valence-corrected chi connectivity index (χ1v) is 8.98. The summed E-state index contributed by atoms with van der Waals surface area (Å²) in [5, 5.41) is 3.55. The third-order valence-electron chi connectivity index (χ3n) is 4.91. The van der Waals surface area contributed by atoms with E-state index in [-0.39, 0.29) is 11.5 Å². The number of carbonyl (C=O) groups excluding carboxylic acids is 1. The van der Waals surface area contributed by atoms with Gasteiger partial charge in [0.05, 0.1) is 10.9 Å². The number of carbonyl (C=O) groups is 1. The predicted octanol–water partition coefficient (Wildman–Crippen LogP) is 3.72. The molecule has 0 fully saturated rings. The number of nitrogens with one attached hydrogen (secondary N) is 1. The van der Waals surface area contributed by atoms with Crippen LogP contribution in [-0.4, -0.2) is 15.5 Å². The Morgan fingerprint density at radius 3 is 2.81 bits per heavy atom. The highest BCUT2D eigenvalue weighted by molar-refractivity contribution is 6.06. The van der Waals surface area contributed by atoms with Crippen molar-refractivity contribution >= 4 is 22.5 Å². The summed E-state index contributed by atoms with van der Waals surface area (Å²) in [5.41, 5.74) is 2.99. The van der Waals surface area contributed by atoms with Crippen molar-refractivity contribution in [1.82, 2.24) is 9.55 Å². The summed E-state index contributed by atoms with van der Waals surface area (Å²) in [6.07, 6.45) is 1.75. The average molecular weight is 347 g/mol. The number of fused-ring (bicyclic) bond motifs is 2. The van der Waals surface area contributed by atoms with E-state index in [1.54, 1.807) is 22.8 Å². The molecule has 0 bridgehead atoms. The van der Waals surface area contributed by atoms with Crippen LogP contribution in [0.3, 0.4) is 0 Å². The van der Waals surface area contributed by atoms with Crippen LogP contribution in [0.25, 0.3) is 10.9 Å². The molecule has 0 unspecified atom stereocenters. The molecule has 132 valence electrons. The number of anilines is 1. The first-order valence-electron chi connectivity index (χ1n) is 8.98. The number of nitrogens with zero attached hydrogens (tertiary/aromatic N) is 2. The quantitative estimate of drug-likeness (QED) is 0.785. The Morgan fingerprint density at radius 1 is 1.19 bits per heavy atom. The van der Waals surface area contributed by atoms with Crippen LogP contribution in [0.5, 0.6) is 0 Å². The Morgan fingerprint density at radius 2 is 2.00 bits per heavy atom. The molecule has 3 aromatic rings. The predicted molar refractivity (Wildman–Crippen MR) is 103 cm³/mol. The van der Waals surface area contributed by atoms with E-state index in [1.165, 1.54) is 0 Å². The molecule has 0 saturated carbocycles. The number of aryl methyl sites for hydroxylation is 1. The topological polar surface area (TPSA) is 64.0 Å². The third-order valence-corrected chi connectivity index (χ3v) is 4.91. The minimum Gasteiger partial charge on any atom is -0.322 e. The van der Waals surface area contributed by atoms with E-state index in [0.717, 1.165) is 36.5 Å². The van der Waals surface area contributed by atoms with Crippen LogP contribution in [0.4, 0.5) is 5.69 Å². The van der Waals surface area contributed by atoms with E-state index < -0.39 is 0 Å². The summed E-state index contributed by atoms with van der Waals surface area (Å²) in [5.74, 6) is 0.931. The van der Waals surface area contributed by atoms with E-state index in [4.69, 9.17) is 0 Å². The normalized spacial score (nSPS) is 13.2. The molecule has 1 aromatic heterocycles. The molecular formula is C21H21N3O2. The highest BCUT2D eigenvalue weighted by Gasteiger charge is 2.17. The first kappa shape index (κ1) is 16.5. The van der Waals surface area contributed by atoms with Gasteiger partial charge in [0, 0.05) is 24.2 Å². The fourth-order valence-electron chi connectivity index (χ4n) is 3.53.